The molecule has 0 aliphatic heterocycles. The zero-order valence-electron chi connectivity index (χ0n) is 9.54. The molecule has 1 rings (SSSR count). The minimum atomic E-state index is -0.0609. The molecule has 0 amide bonds. The van der Waals surface area contributed by atoms with Crippen LogP contribution in [0.2, 0.25) is 0 Å². The second-order valence-electron chi connectivity index (χ2n) is 5.03. The monoisotopic (exact) mass is 196 g/mol. The van der Waals surface area contributed by atoms with Gasteiger partial charge in [0.05, 0.1) is 13.0 Å². The van der Waals surface area contributed by atoms with Crippen molar-refractivity contribution < 1.29 is 9.53 Å². The predicted molar refractivity (Wildman–Crippen MR) is 56.8 cm³/mol. The molecule has 0 heterocycles. The van der Waals surface area contributed by atoms with E-state index in [-0.39, 0.29) is 17.3 Å². The van der Waals surface area contributed by atoms with Crippen LogP contribution in [0.5, 0.6) is 0 Å². The molecule has 2 heteroatoms. The molecule has 2 nitrogen and oxygen atoms in total. The van der Waals surface area contributed by atoms with Crippen LogP contribution in [0.25, 0.3) is 0 Å². The fourth-order valence-corrected chi connectivity index (χ4v) is 2.14. The number of allylic oxidation sites excluding steroid dienone is 2. The van der Waals surface area contributed by atoms with Crippen LogP contribution in [-0.4, -0.2) is 13.1 Å². The summed E-state index contributed by atoms with van der Waals surface area (Å²) < 4.78 is 4.84. The van der Waals surface area contributed by atoms with Crippen LogP contribution in [0.1, 0.15) is 33.6 Å². The van der Waals surface area contributed by atoms with Crippen molar-refractivity contribution in [3.05, 3.63) is 12.2 Å². The Morgan fingerprint density at radius 2 is 2.07 bits per heavy atom. The van der Waals surface area contributed by atoms with Crippen molar-refractivity contribution in [2.75, 3.05) is 7.11 Å². The number of ether oxygens (including phenoxy) is 1. The SMILES string of the molecule is COC(=O)[C@H]1CCC=C[C@H]1C(C)(C)C. The molecule has 1 aliphatic rings. The largest absolute Gasteiger partial charge is 0.469 e. The summed E-state index contributed by atoms with van der Waals surface area (Å²) >= 11 is 0. The second-order valence-corrected chi connectivity index (χ2v) is 5.03. The number of rotatable bonds is 1. The zero-order chi connectivity index (χ0) is 10.8. The molecule has 2 atom stereocenters. The van der Waals surface area contributed by atoms with E-state index >= 15 is 0 Å². The Morgan fingerprint density at radius 3 is 2.57 bits per heavy atom. The van der Waals surface area contributed by atoms with Crippen molar-refractivity contribution in [3.63, 3.8) is 0 Å². The van der Waals surface area contributed by atoms with Gasteiger partial charge in [0, 0.05) is 0 Å². The highest BCUT2D eigenvalue weighted by Crippen LogP contribution is 2.38. The Bertz CT molecular complexity index is 235. The lowest BCUT2D eigenvalue weighted by molar-refractivity contribution is -0.148. The van der Waals surface area contributed by atoms with Crippen LogP contribution in [0.4, 0.5) is 0 Å². The fourth-order valence-electron chi connectivity index (χ4n) is 2.14. The Hall–Kier alpha value is -0.790. The van der Waals surface area contributed by atoms with Crippen molar-refractivity contribution >= 4 is 5.97 Å². The number of esters is 1. The van der Waals surface area contributed by atoms with Crippen LogP contribution in [0.3, 0.4) is 0 Å². The molecule has 0 aromatic carbocycles. The second kappa shape index (κ2) is 4.16. The van der Waals surface area contributed by atoms with E-state index in [1.165, 1.54) is 7.11 Å². The lowest BCUT2D eigenvalue weighted by Gasteiger charge is -2.35. The molecular weight excluding hydrogens is 176 g/mol. The summed E-state index contributed by atoms with van der Waals surface area (Å²) in [6.07, 6.45) is 6.26. The van der Waals surface area contributed by atoms with E-state index < -0.39 is 0 Å². The molecule has 0 saturated carbocycles. The van der Waals surface area contributed by atoms with Crippen LogP contribution in [-0.2, 0) is 9.53 Å². The fraction of sp³-hybridized carbons (Fsp3) is 0.750. The standard InChI is InChI=1S/C12H20O2/c1-12(2,3)10-8-6-5-7-9(10)11(13)14-4/h6,8-10H,5,7H2,1-4H3/t9-,10+/m0/s1. The van der Waals surface area contributed by atoms with Gasteiger partial charge in [0.25, 0.3) is 0 Å². The van der Waals surface area contributed by atoms with Crippen LogP contribution in [0.15, 0.2) is 12.2 Å². The smallest absolute Gasteiger partial charge is 0.309 e. The van der Waals surface area contributed by atoms with Gasteiger partial charge in [-0.1, -0.05) is 32.9 Å². The van der Waals surface area contributed by atoms with Crippen molar-refractivity contribution in [1.82, 2.24) is 0 Å². The van der Waals surface area contributed by atoms with Gasteiger partial charge >= 0.3 is 5.97 Å². The molecule has 0 unspecified atom stereocenters. The summed E-state index contributed by atoms with van der Waals surface area (Å²) in [5.74, 6) is 0.294. The third-order valence-electron chi connectivity index (χ3n) is 2.93. The molecule has 0 saturated heterocycles. The molecule has 0 aromatic rings. The van der Waals surface area contributed by atoms with Gasteiger partial charge in [0.1, 0.15) is 0 Å². The highest BCUT2D eigenvalue weighted by Gasteiger charge is 2.36. The first-order chi connectivity index (χ1) is 6.46. The summed E-state index contributed by atoms with van der Waals surface area (Å²) in [5, 5.41) is 0. The first-order valence-corrected chi connectivity index (χ1v) is 5.21. The average Bonchev–Trinajstić information content (AvgIpc) is 2.15. The maximum atomic E-state index is 11.6. The van der Waals surface area contributed by atoms with E-state index in [1.807, 2.05) is 0 Å². The Labute approximate surface area is 86.3 Å². The van der Waals surface area contributed by atoms with Gasteiger partial charge in [-0.05, 0) is 24.2 Å². The summed E-state index contributed by atoms with van der Waals surface area (Å²) in [6, 6.07) is 0. The van der Waals surface area contributed by atoms with Crippen molar-refractivity contribution in [3.8, 4) is 0 Å². The number of carbonyl (C=O) groups excluding carboxylic acids is 1. The van der Waals surface area contributed by atoms with Gasteiger partial charge in [-0.25, -0.2) is 0 Å². The molecule has 0 N–H and O–H groups in total. The highest BCUT2D eigenvalue weighted by molar-refractivity contribution is 5.73. The maximum absolute atomic E-state index is 11.6. The van der Waals surface area contributed by atoms with Crippen molar-refractivity contribution in [2.45, 2.75) is 33.6 Å². The molecule has 0 radical (unpaired) electrons. The van der Waals surface area contributed by atoms with E-state index in [2.05, 4.69) is 32.9 Å². The predicted octanol–water partition coefficient (Wildman–Crippen LogP) is 2.79. The summed E-state index contributed by atoms with van der Waals surface area (Å²) in [4.78, 5) is 11.6. The van der Waals surface area contributed by atoms with Gasteiger partial charge < -0.3 is 4.74 Å². The van der Waals surface area contributed by atoms with E-state index in [1.54, 1.807) is 0 Å². The quantitative estimate of drug-likeness (QED) is 0.476. The van der Waals surface area contributed by atoms with Crippen molar-refractivity contribution in [1.29, 1.82) is 0 Å². The van der Waals surface area contributed by atoms with Gasteiger partial charge in [-0.15, -0.1) is 0 Å². The maximum Gasteiger partial charge on any atom is 0.309 e. The van der Waals surface area contributed by atoms with Gasteiger partial charge in [-0.3, -0.25) is 4.79 Å². The topological polar surface area (TPSA) is 26.3 Å². The molecule has 0 aromatic heterocycles. The number of hydrogen-bond acceptors (Lipinski definition) is 2. The summed E-state index contributed by atoms with van der Waals surface area (Å²) in [7, 11) is 1.47. The van der Waals surface area contributed by atoms with E-state index in [4.69, 9.17) is 4.74 Å². The van der Waals surface area contributed by atoms with Gasteiger partial charge in [0.2, 0.25) is 0 Å². The minimum absolute atomic E-state index is 0.0463. The Kier molecular flexibility index (Phi) is 3.35. The third-order valence-corrected chi connectivity index (χ3v) is 2.93. The third kappa shape index (κ3) is 2.37. The normalized spacial score (nSPS) is 27.4. The van der Waals surface area contributed by atoms with E-state index in [0.29, 0.717) is 5.92 Å². The Balaban J connectivity index is 2.83. The van der Waals surface area contributed by atoms with Crippen LogP contribution >= 0.6 is 0 Å². The van der Waals surface area contributed by atoms with Crippen LogP contribution < -0.4 is 0 Å². The average molecular weight is 196 g/mol. The zero-order valence-corrected chi connectivity index (χ0v) is 9.54. The number of methoxy groups -OCH3 is 1. The first kappa shape index (κ1) is 11.3. The van der Waals surface area contributed by atoms with Crippen molar-refractivity contribution in [2.24, 2.45) is 17.3 Å². The molecule has 14 heavy (non-hydrogen) atoms. The minimum Gasteiger partial charge on any atom is -0.469 e. The first-order valence-electron chi connectivity index (χ1n) is 5.21. The lowest BCUT2D eigenvalue weighted by Crippen LogP contribution is -2.34. The molecule has 0 fully saturated rings. The van der Waals surface area contributed by atoms with E-state index in [9.17, 15) is 4.79 Å². The van der Waals surface area contributed by atoms with Gasteiger partial charge in [0.15, 0.2) is 0 Å². The highest BCUT2D eigenvalue weighted by atomic mass is 16.5. The summed E-state index contributed by atoms with van der Waals surface area (Å²) in [6.45, 7) is 6.51. The molecule has 0 bridgehead atoms. The molecule has 1 aliphatic carbocycles. The Morgan fingerprint density at radius 1 is 1.43 bits per heavy atom. The molecular formula is C12H20O2. The molecule has 80 valence electrons. The van der Waals surface area contributed by atoms with Crippen LogP contribution in [0, 0.1) is 17.3 Å². The summed E-state index contributed by atoms with van der Waals surface area (Å²) in [5.41, 5.74) is 0.135. The molecule has 0 spiro atoms. The van der Waals surface area contributed by atoms with E-state index in [0.717, 1.165) is 12.8 Å². The van der Waals surface area contributed by atoms with Gasteiger partial charge in [-0.2, -0.15) is 0 Å². The number of hydrogen-bond donors (Lipinski definition) is 0. The lowest BCUT2D eigenvalue weighted by atomic mass is 9.69. The number of carbonyl (C=O) groups is 1.